The number of aromatic nitrogens is 2. The van der Waals surface area contributed by atoms with Crippen LogP contribution in [0.3, 0.4) is 0 Å². The Morgan fingerprint density at radius 2 is 1.65 bits per heavy atom. The summed E-state index contributed by atoms with van der Waals surface area (Å²) in [6, 6.07) is 9.29. The molecule has 0 aliphatic carbocycles. The summed E-state index contributed by atoms with van der Waals surface area (Å²) in [4.78, 5) is 24.6. The number of nitrogens with one attached hydrogen (secondary N) is 1. The first-order valence-corrected chi connectivity index (χ1v) is 7.04. The molecule has 1 N–H and O–H groups in total. The highest BCUT2D eigenvalue weighted by atomic mass is 35.5. The Bertz CT molecular complexity index is 850. The Kier molecular flexibility index (Phi) is 6.18. The van der Waals surface area contributed by atoms with Crippen molar-refractivity contribution in [3.05, 3.63) is 56.7 Å². The van der Waals surface area contributed by atoms with Crippen molar-refractivity contribution in [1.82, 2.24) is 9.13 Å². The lowest BCUT2D eigenvalue weighted by atomic mass is 10.2. The lowest BCUT2D eigenvalue weighted by molar-refractivity contribution is -0.461. The van der Waals surface area contributed by atoms with Gasteiger partial charge in [-0.25, -0.2) is 9.37 Å². The Labute approximate surface area is 145 Å². The van der Waals surface area contributed by atoms with Crippen LogP contribution in [-0.2, 0) is 14.1 Å². The second-order valence-corrected chi connectivity index (χ2v) is 5.46. The summed E-state index contributed by atoms with van der Waals surface area (Å²) in [5.74, 6) is 0.359. The van der Waals surface area contributed by atoms with E-state index in [1.165, 1.54) is 11.6 Å². The van der Waals surface area contributed by atoms with Crippen LogP contribution in [0.1, 0.15) is 5.56 Å². The minimum Gasteiger partial charge on any atom is -1.00 e. The van der Waals surface area contributed by atoms with Crippen molar-refractivity contribution < 1.29 is 17.0 Å². The van der Waals surface area contributed by atoms with Crippen molar-refractivity contribution in [2.75, 3.05) is 19.4 Å². The second-order valence-electron chi connectivity index (χ2n) is 5.11. The van der Waals surface area contributed by atoms with Gasteiger partial charge in [-0.1, -0.05) is 18.2 Å². The number of hydrogen-bond acceptors (Lipinski definition) is 3. The first-order valence-electron chi connectivity index (χ1n) is 6.66. The van der Waals surface area contributed by atoms with Gasteiger partial charge in [-0.2, -0.15) is 0 Å². The summed E-state index contributed by atoms with van der Waals surface area (Å²) >= 11 is 6.29. The van der Waals surface area contributed by atoms with Crippen LogP contribution in [0.5, 0.6) is 0 Å². The van der Waals surface area contributed by atoms with Crippen LogP contribution in [0.4, 0.5) is 11.5 Å². The zero-order valence-corrected chi connectivity index (χ0v) is 14.8. The molecule has 0 atom stereocenters. The van der Waals surface area contributed by atoms with Gasteiger partial charge in [0.05, 0.1) is 0 Å². The van der Waals surface area contributed by atoms with E-state index in [1.54, 1.807) is 25.7 Å². The van der Waals surface area contributed by atoms with Crippen LogP contribution in [-0.4, -0.2) is 33.0 Å². The van der Waals surface area contributed by atoms with Gasteiger partial charge in [-0.3, -0.25) is 13.9 Å². The molecule has 124 valence electrons. The molecule has 6 nitrogen and oxygen atoms in total. The fourth-order valence-electron chi connectivity index (χ4n) is 2.06. The Balaban J connectivity index is 0.00000264. The molecule has 0 radical (unpaired) electrons. The van der Waals surface area contributed by atoms with Crippen molar-refractivity contribution >= 4 is 28.3 Å². The summed E-state index contributed by atoms with van der Waals surface area (Å²) in [5, 5.41) is 3.36. The molecule has 0 saturated carbocycles. The largest absolute Gasteiger partial charge is 1.00 e. The fourth-order valence-corrected chi connectivity index (χ4v) is 2.23. The maximum absolute atomic E-state index is 12.5. The average molecular weight is 357 g/mol. The molecule has 0 bridgehead atoms. The SMILES string of the molecule is Cn1c(Nc2ccccc2)c(C(Cl)=[N+](C)C)c(=O)n(C)c1=O.[Cl-]. The second kappa shape index (κ2) is 7.48. The monoisotopic (exact) mass is 356 g/mol. The molecule has 0 aliphatic rings. The van der Waals surface area contributed by atoms with Crippen molar-refractivity contribution in [3.63, 3.8) is 0 Å². The van der Waals surface area contributed by atoms with E-state index in [1.807, 2.05) is 30.3 Å². The van der Waals surface area contributed by atoms with Crippen molar-refractivity contribution in [2.24, 2.45) is 14.1 Å². The number of benzene rings is 1. The third kappa shape index (κ3) is 3.65. The quantitative estimate of drug-likeness (QED) is 0.515. The number of anilines is 2. The number of rotatable bonds is 3. The molecule has 0 saturated heterocycles. The van der Waals surface area contributed by atoms with E-state index in [4.69, 9.17) is 11.6 Å². The van der Waals surface area contributed by atoms with Crippen LogP contribution in [0.15, 0.2) is 39.9 Å². The molecule has 2 aromatic rings. The van der Waals surface area contributed by atoms with Crippen LogP contribution >= 0.6 is 11.6 Å². The lowest BCUT2D eigenvalue weighted by Gasteiger charge is -2.15. The Morgan fingerprint density at radius 3 is 2.17 bits per heavy atom. The number of halogens is 2. The van der Waals surface area contributed by atoms with Crippen LogP contribution < -0.4 is 29.0 Å². The van der Waals surface area contributed by atoms with Crippen LogP contribution in [0.25, 0.3) is 0 Å². The maximum Gasteiger partial charge on any atom is 0.332 e. The van der Waals surface area contributed by atoms with Gasteiger partial charge in [-0.15, -0.1) is 0 Å². The van der Waals surface area contributed by atoms with E-state index in [9.17, 15) is 9.59 Å². The molecular formula is C15H18Cl2N4O2. The van der Waals surface area contributed by atoms with E-state index in [0.717, 1.165) is 10.3 Å². The zero-order chi connectivity index (χ0) is 16.4. The molecule has 2 rings (SSSR count). The maximum atomic E-state index is 12.5. The predicted octanol–water partition coefficient (Wildman–Crippen LogP) is -1.91. The topological polar surface area (TPSA) is 59.0 Å². The minimum atomic E-state index is -0.444. The van der Waals surface area contributed by atoms with Crippen molar-refractivity contribution in [1.29, 1.82) is 0 Å². The van der Waals surface area contributed by atoms with Gasteiger partial charge < -0.3 is 17.7 Å². The number of para-hydroxylation sites is 1. The molecular weight excluding hydrogens is 339 g/mol. The summed E-state index contributed by atoms with van der Waals surface area (Å²) in [7, 11) is 6.50. The van der Waals surface area contributed by atoms with E-state index in [0.29, 0.717) is 5.82 Å². The smallest absolute Gasteiger partial charge is 0.332 e. The fraction of sp³-hybridized carbons (Fsp3) is 0.267. The summed E-state index contributed by atoms with van der Waals surface area (Å²) in [6.45, 7) is 0. The van der Waals surface area contributed by atoms with E-state index >= 15 is 0 Å². The van der Waals surface area contributed by atoms with Gasteiger partial charge in [0, 0.05) is 19.8 Å². The van der Waals surface area contributed by atoms with Crippen LogP contribution in [0, 0.1) is 0 Å². The van der Waals surface area contributed by atoms with Gasteiger partial charge in [0.2, 0.25) is 0 Å². The molecule has 0 spiro atoms. The van der Waals surface area contributed by atoms with Gasteiger partial charge in [0.15, 0.2) is 5.56 Å². The highest BCUT2D eigenvalue weighted by molar-refractivity contribution is 6.68. The minimum absolute atomic E-state index is 0. The first-order chi connectivity index (χ1) is 10.3. The standard InChI is InChI=1S/C15H17ClN4O2.ClH/c1-18(2)12(16)11-13(17-10-8-6-5-7-9-10)19(3)15(22)20(4)14(11)21;/h5-9H,1-4H3;1H. The molecule has 1 heterocycles. The third-order valence-corrected chi connectivity index (χ3v) is 3.83. The van der Waals surface area contributed by atoms with E-state index in [-0.39, 0.29) is 23.1 Å². The molecule has 0 aliphatic heterocycles. The predicted molar refractivity (Wildman–Crippen MR) is 88.7 cm³/mol. The van der Waals surface area contributed by atoms with Gasteiger partial charge in [0.25, 0.3) is 10.7 Å². The summed E-state index contributed by atoms with van der Waals surface area (Å²) in [6.07, 6.45) is 0. The highest BCUT2D eigenvalue weighted by Gasteiger charge is 2.23. The number of hydrogen-bond donors (Lipinski definition) is 1. The Morgan fingerprint density at radius 1 is 1.09 bits per heavy atom. The summed E-state index contributed by atoms with van der Waals surface area (Å²) < 4.78 is 4.03. The molecule has 23 heavy (non-hydrogen) atoms. The van der Waals surface area contributed by atoms with Gasteiger partial charge >= 0.3 is 5.69 Å². The Hall–Kier alpha value is -2.05. The van der Waals surface area contributed by atoms with Gasteiger partial charge in [-0.05, 0) is 23.7 Å². The third-order valence-electron chi connectivity index (χ3n) is 3.30. The molecule has 1 aromatic carbocycles. The van der Waals surface area contributed by atoms with Crippen LogP contribution in [0.2, 0.25) is 0 Å². The van der Waals surface area contributed by atoms with E-state index < -0.39 is 11.2 Å². The highest BCUT2D eigenvalue weighted by Crippen LogP contribution is 2.18. The van der Waals surface area contributed by atoms with Crippen molar-refractivity contribution in [3.8, 4) is 0 Å². The molecule has 1 aromatic heterocycles. The lowest BCUT2D eigenvalue weighted by Crippen LogP contribution is -3.00. The molecule has 0 amide bonds. The molecule has 0 fully saturated rings. The summed E-state index contributed by atoms with van der Waals surface area (Å²) in [5.41, 5.74) is 0.144. The first kappa shape index (κ1) is 19.0. The molecule has 8 heteroatoms. The number of nitrogens with zero attached hydrogens (tertiary/aromatic N) is 3. The normalized spacial score (nSPS) is 9.96. The van der Waals surface area contributed by atoms with E-state index in [2.05, 4.69) is 5.32 Å². The zero-order valence-electron chi connectivity index (χ0n) is 13.3. The average Bonchev–Trinajstić information content (AvgIpc) is 2.51. The van der Waals surface area contributed by atoms with Crippen molar-refractivity contribution in [2.45, 2.75) is 0 Å². The van der Waals surface area contributed by atoms with Gasteiger partial charge in [0.1, 0.15) is 19.9 Å². The molecule has 0 unspecified atom stereocenters.